The van der Waals surface area contributed by atoms with Gasteiger partial charge in [0.1, 0.15) is 0 Å². The lowest BCUT2D eigenvalue weighted by molar-refractivity contribution is -0.186. The number of ether oxygens (including phenoxy) is 1. The number of carbonyl (C=O) groups excluding carboxylic acids is 3. The first-order valence-electron chi connectivity index (χ1n) is 6.28. The fourth-order valence-electron chi connectivity index (χ4n) is 1.60. The summed E-state index contributed by atoms with van der Waals surface area (Å²) in [6, 6.07) is 0. The van der Waals surface area contributed by atoms with E-state index in [0.717, 1.165) is 7.11 Å². The third-order valence-electron chi connectivity index (χ3n) is 2.61. The Morgan fingerprint density at radius 1 is 1.29 bits per heavy atom. The van der Waals surface area contributed by atoms with Crippen LogP contribution < -0.4 is 5.32 Å². The molecule has 0 spiro atoms. The molecule has 1 unspecified atom stereocenters. The van der Waals surface area contributed by atoms with Crippen LogP contribution in [0.15, 0.2) is 0 Å². The summed E-state index contributed by atoms with van der Waals surface area (Å²) < 4.78 is 41.9. The van der Waals surface area contributed by atoms with Crippen molar-refractivity contribution >= 4 is 17.8 Å². The average Bonchev–Trinajstić information content (AvgIpc) is 2.38. The molecule has 1 N–H and O–H groups in total. The Hall–Kier alpha value is -1.80. The van der Waals surface area contributed by atoms with Crippen LogP contribution in [0.5, 0.6) is 0 Å². The van der Waals surface area contributed by atoms with E-state index >= 15 is 0 Å². The molecule has 0 radical (unpaired) electrons. The van der Waals surface area contributed by atoms with Gasteiger partial charge in [0.2, 0.25) is 5.91 Å². The molecule has 0 saturated carbocycles. The lowest BCUT2D eigenvalue weighted by Gasteiger charge is -2.25. The van der Waals surface area contributed by atoms with E-state index in [4.69, 9.17) is 0 Å². The fraction of sp³-hybridized carbons (Fsp3) is 0.750. The van der Waals surface area contributed by atoms with Gasteiger partial charge >= 0.3 is 18.1 Å². The van der Waals surface area contributed by atoms with Crippen molar-refractivity contribution in [2.24, 2.45) is 5.92 Å². The number of halogens is 3. The van der Waals surface area contributed by atoms with Gasteiger partial charge in [0.15, 0.2) is 0 Å². The molecule has 0 aromatic heterocycles. The van der Waals surface area contributed by atoms with E-state index < -0.39 is 30.5 Å². The number of methoxy groups -OCH3 is 1. The summed E-state index contributed by atoms with van der Waals surface area (Å²) in [5, 5.41) is 2.42. The van der Waals surface area contributed by atoms with E-state index in [-0.39, 0.29) is 25.4 Å². The molecule has 0 saturated heterocycles. The van der Waals surface area contributed by atoms with Crippen molar-refractivity contribution < 1.29 is 32.3 Å². The lowest BCUT2D eigenvalue weighted by atomic mass is 10.1. The topological polar surface area (TPSA) is 75.7 Å². The molecule has 9 heteroatoms. The van der Waals surface area contributed by atoms with E-state index in [1.165, 1.54) is 13.8 Å². The summed E-state index contributed by atoms with van der Waals surface area (Å²) in [6.07, 6.45) is -4.86. The second kappa shape index (κ2) is 8.48. The normalized spacial score (nSPS) is 12.5. The van der Waals surface area contributed by atoms with Gasteiger partial charge in [0.25, 0.3) is 0 Å². The molecule has 6 nitrogen and oxygen atoms in total. The Bertz CT molecular complexity index is 385. The number of carbonyl (C=O) groups is 3. The molecule has 0 heterocycles. The van der Waals surface area contributed by atoms with Crippen molar-refractivity contribution in [3.8, 4) is 0 Å². The first kappa shape index (κ1) is 19.2. The van der Waals surface area contributed by atoms with Gasteiger partial charge in [-0.1, -0.05) is 6.92 Å². The predicted octanol–water partition coefficient (Wildman–Crippen LogP) is 0.713. The van der Waals surface area contributed by atoms with Gasteiger partial charge in [-0.3, -0.25) is 14.4 Å². The Morgan fingerprint density at radius 3 is 2.29 bits per heavy atom. The molecule has 0 aromatic rings. The van der Waals surface area contributed by atoms with Crippen LogP contribution in [0.25, 0.3) is 0 Å². The second-order valence-electron chi connectivity index (χ2n) is 4.51. The highest BCUT2D eigenvalue weighted by Gasteiger charge is 2.42. The molecule has 0 aromatic carbocycles. The predicted molar refractivity (Wildman–Crippen MR) is 67.1 cm³/mol. The zero-order chi connectivity index (χ0) is 16.6. The van der Waals surface area contributed by atoms with Gasteiger partial charge in [-0.25, -0.2) is 0 Å². The summed E-state index contributed by atoms with van der Waals surface area (Å²) in [4.78, 5) is 33.7. The maximum Gasteiger partial charge on any atom is 0.471 e. The Kier molecular flexibility index (Phi) is 7.75. The van der Waals surface area contributed by atoms with Crippen LogP contribution in [-0.4, -0.2) is 55.6 Å². The molecule has 0 fully saturated rings. The van der Waals surface area contributed by atoms with Crippen molar-refractivity contribution in [3.05, 3.63) is 0 Å². The van der Waals surface area contributed by atoms with Crippen molar-refractivity contribution in [3.63, 3.8) is 0 Å². The Balaban J connectivity index is 4.66. The maximum absolute atomic E-state index is 12.5. The minimum absolute atomic E-state index is 0.142. The Morgan fingerprint density at radius 2 is 1.86 bits per heavy atom. The molecule has 122 valence electrons. The monoisotopic (exact) mass is 312 g/mol. The van der Waals surface area contributed by atoms with E-state index in [1.54, 1.807) is 0 Å². The van der Waals surface area contributed by atoms with Gasteiger partial charge in [-0.15, -0.1) is 0 Å². The van der Waals surface area contributed by atoms with Gasteiger partial charge in [-0.2, -0.15) is 13.2 Å². The molecule has 0 bridgehead atoms. The minimum Gasteiger partial charge on any atom is -0.469 e. The highest BCUT2D eigenvalue weighted by molar-refractivity contribution is 5.82. The van der Waals surface area contributed by atoms with Gasteiger partial charge < -0.3 is 15.0 Å². The van der Waals surface area contributed by atoms with Crippen LogP contribution in [0.3, 0.4) is 0 Å². The van der Waals surface area contributed by atoms with Crippen LogP contribution in [0.1, 0.15) is 20.3 Å². The standard InChI is InChI=1S/C12H19F3N2O4/c1-8(10(19)21-3)7-17(11(20)12(13,14)15)6-4-5-16-9(2)18/h8H,4-7H2,1-3H3,(H,16,18). The highest BCUT2D eigenvalue weighted by atomic mass is 19.4. The van der Waals surface area contributed by atoms with E-state index in [1.807, 2.05) is 0 Å². The Labute approximate surface area is 120 Å². The molecule has 0 aliphatic heterocycles. The molecular formula is C12H19F3N2O4. The molecule has 21 heavy (non-hydrogen) atoms. The fourth-order valence-corrected chi connectivity index (χ4v) is 1.60. The van der Waals surface area contributed by atoms with Gasteiger partial charge in [-0.05, 0) is 6.42 Å². The number of amides is 2. The van der Waals surface area contributed by atoms with Gasteiger partial charge in [0, 0.05) is 26.6 Å². The van der Waals surface area contributed by atoms with E-state index in [0.29, 0.717) is 4.90 Å². The molecule has 2 amide bonds. The quantitative estimate of drug-likeness (QED) is 0.555. The third kappa shape index (κ3) is 7.52. The zero-order valence-electron chi connectivity index (χ0n) is 12.1. The number of esters is 1. The van der Waals surface area contributed by atoms with Crippen LogP contribution in [0.2, 0.25) is 0 Å². The molecular weight excluding hydrogens is 293 g/mol. The first-order chi connectivity index (χ1) is 9.59. The number of hydrogen-bond donors (Lipinski definition) is 1. The van der Waals surface area contributed by atoms with E-state index in [9.17, 15) is 27.6 Å². The van der Waals surface area contributed by atoms with Crippen LogP contribution in [-0.2, 0) is 19.1 Å². The third-order valence-corrected chi connectivity index (χ3v) is 2.61. The maximum atomic E-state index is 12.5. The molecule has 0 rings (SSSR count). The summed E-state index contributed by atoms with van der Waals surface area (Å²) in [6.45, 7) is 2.17. The van der Waals surface area contributed by atoms with E-state index in [2.05, 4.69) is 10.1 Å². The zero-order valence-corrected chi connectivity index (χ0v) is 12.1. The number of alkyl halides is 3. The lowest BCUT2D eigenvalue weighted by Crippen LogP contribution is -2.45. The van der Waals surface area contributed by atoms with Crippen LogP contribution in [0, 0.1) is 5.92 Å². The summed E-state index contributed by atoms with van der Waals surface area (Å²) in [5.41, 5.74) is 0. The van der Waals surface area contributed by atoms with Crippen molar-refractivity contribution in [1.29, 1.82) is 0 Å². The van der Waals surface area contributed by atoms with Crippen molar-refractivity contribution in [2.75, 3.05) is 26.7 Å². The number of nitrogens with zero attached hydrogens (tertiary/aromatic N) is 1. The van der Waals surface area contributed by atoms with Crippen LogP contribution >= 0.6 is 0 Å². The van der Waals surface area contributed by atoms with Gasteiger partial charge in [0.05, 0.1) is 13.0 Å². The number of rotatable bonds is 7. The number of nitrogens with one attached hydrogen (secondary N) is 1. The second-order valence-corrected chi connectivity index (χ2v) is 4.51. The molecule has 0 aliphatic carbocycles. The largest absolute Gasteiger partial charge is 0.471 e. The summed E-state index contributed by atoms with van der Waals surface area (Å²) in [7, 11) is 1.12. The molecule has 0 aliphatic rings. The van der Waals surface area contributed by atoms with Crippen molar-refractivity contribution in [1.82, 2.24) is 10.2 Å². The highest BCUT2D eigenvalue weighted by Crippen LogP contribution is 2.19. The molecule has 1 atom stereocenters. The van der Waals surface area contributed by atoms with Crippen molar-refractivity contribution in [2.45, 2.75) is 26.4 Å². The number of hydrogen-bond acceptors (Lipinski definition) is 4. The summed E-state index contributed by atoms with van der Waals surface area (Å²) >= 11 is 0. The van der Waals surface area contributed by atoms with Crippen LogP contribution in [0.4, 0.5) is 13.2 Å². The SMILES string of the molecule is COC(=O)C(C)CN(CCCNC(C)=O)C(=O)C(F)(F)F. The average molecular weight is 312 g/mol. The first-order valence-corrected chi connectivity index (χ1v) is 6.28. The smallest absolute Gasteiger partial charge is 0.469 e. The summed E-state index contributed by atoms with van der Waals surface area (Å²) in [5.74, 6) is -3.90. The minimum atomic E-state index is -5.01.